The van der Waals surface area contributed by atoms with Crippen LogP contribution in [0.1, 0.15) is 24.5 Å². The third kappa shape index (κ3) is 4.08. The van der Waals surface area contributed by atoms with Gasteiger partial charge in [-0.1, -0.05) is 12.2 Å². The van der Waals surface area contributed by atoms with Crippen LogP contribution in [0.4, 0.5) is 0 Å². The number of benzene rings is 1. The van der Waals surface area contributed by atoms with Crippen LogP contribution in [0.15, 0.2) is 29.2 Å². The van der Waals surface area contributed by atoms with E-state index in [4.69, 9.17) is 4.74 Å². The maximum absolute atomic E-state index is 12.3. The Bertz CT molecular complexity index is 539. The lowest BCUT2D eigenvalue weighted by atomic mass is 10.1. The minimum Gasteiger partial charge on any atom is -0.497 e. The molecule has 0 unspecified atom stereocenters. The van der Waals surface area contributed by atoms with Gasteiger partial charge in [0.15, 0.2) is 0 Å². The molecule has 0 aliphatic rings. The summed E-state index contributed by atoms with van der Waals surface area (Å²) in [5.74, 6) is 0.669. The van der Waals surface area contributed by atoms with Crippen LogP contribution in [0.3, 0.4) is 0 Å². The van der Waals surface area contributed by atoms with E-state index in [1.54, 1.807) is 33.1 Å². The SMILES string of the molecule is C/C=C/CCNS(=O)(=O)c1c(C)cc(OC)cc1C. The number of hydrogen-bond acceptors (Lipinski definition) is 3. The van der Waals surface area contributed by atoms with Gasteiger partial charge in [0.25, 0.3) is 0 Å². The Balaban J connectivity index is 3.01. The van der Waals surface area contributed by atoms with Crippen LogP contribution >= 0.6 is 0 Å². The van der Waals surface area contributed by atoms with Crippen LogP contribution in [-0.2, 0) is 10.0 Å². The molecule has 4 nitrogen and oxygen atoms in total. The van der Waals surface area contributed by atoms with Crippen LogP contribution in [0.5, 0.6) is 5.75 Å². The predicted molar refractivity (Wildman–Crippen MR) is 77.1 cm³/mol. The highest BCUT2D eigenvalue weighted by Crippen LogP contribution is 2.25. The first-order valence-corrected chi connectivity index (χ1v) is 7.66. The fourth-order valence-electron chi connectivity index (χ4n) is 1.97. The van der Waals surface area contributed by atoms with E-state index in [0.29, 0.717) is 34.7 Å². The average Bonchev–Trinajstić information content (AvgIpc) is 2.33. The molecule has 0 amide bonds. The number of nitrogens with one attached hydrogen (secondary N) is 1. The lowest BCUT2D eigenvalue weighted by molar-refractivity contribution is 0.413. The fourth-order valence-corrected chi connectivity index (χ4v) is 3.46. The van der Waals surface area contributed by atoms with Gasteiger partial charge in [-0.15, -0.1) is 0 Å². The van der Waals surface area contributed by atoms with Crippen molar-refractivity contribution in [2.45, 2.75) is 32.1 Å². The standard InChI is InChI=1S/C14H21NO3S/c1-5-6-7-8-15-19(16,17)14-11(2)9-13(18-4)10-12(14)3/h5-6,9-10,15H,7-8H2,1-4H3/b6-5+. The van der Waals surface area contributed by atoms with Gasteiger partial charge in [0.05, 0.1) is 12.0 Å². The summed E-state index contributed by atoms with van der Waals surface area (Å²) in [6, 6.07) is 3.46. The van der Waals surface area contributed by atoms with Crippen molar-refractivity contribution in [3.63, 3.8) is 0 Å². The van der Waals surface area contributed by atoms with E-state index in [9.17, 15) is 8.42 Å². The number of allylic oxidation sites excluding steroid dienone is 1. The van der Waals surface area contributed by atoms with Crippen LogP contribution in [0.2, 0.25) is 0 Å². The van der Waals surface area contributed by atoms with Gasteiger partial charge in [-0.25, -0.2) is 13.1 Å². The van der Waals surface area contributed by atoms with E-state index >= 15 is 0 Å². The van der Waals surface area contributed by atoms with Crippen LogP contribution in [0.25, 0.3) is 0 Å². The Morgan fingerprint density at radius 2 is 1.84 bits per heavy atom. The van der Waals surface area contributed by atoms with Crippen molar-refractivity contribution in [2.24, 2.45) is 0 Å². The molecule has 0 aromatic heterocycles. The number of rotatable bonds is 6. The molecule has 0 spiro atoms. The summed E-state index contributed by atoms with van der Waals surface area (Å²) in [6.45, 7) is 5.86. The quantitative estimate of drug-likeness (QED) is 0.645. The Hall–Kier alpha value is -1.33. The molecule has 106 valence electrons. The minimum atomic E-state index is -3.47. The van der Waals surface area contributed by atoms with Crippen LogP contribution in [-0.4, -0.2) is 22.1 Å². The number of aryl methyl sites for hydroxylation is 2. The number of sulfonamides is 1. The van der Waals surface area contributed by atoms with Gasteiger partial charge in [-0.2, -0.15) is 0 Å². The molecule has 1 N–H and O–H groups in total. The Morgan fingerprint density at radius 1 is 1.26 bits per heavy atom. The highest BCUT2D eigenvalue weighted by atomic mass is 32.2. The van der Waals surface area contributed by atoms with Crippen molar-refractivity contribution in [3.8, 4) is 5.75 Å². The van der Waals surface area contributed by atoms with Gasteiger partial charge in [0.2, 0.25) is 10.0 Å². The maximum atomic E-state index is 12.3. The predicted octanol–water partition coefficient (Wildman–Crippen LogP) is 2.56. The van der Waals surface area contributed by atoms with Gasteiger partial charge in [-0.05, 0) is 50.5 Å². The summed E-state index contributed by atoms with van der Waals surface area (Å²) in [6.07, 6.45) is 4.51. The van der Waals surface area contributed by atoms with Gasteiger partial charge < -0.3 is 4.74 Å². The van der Waals surface area contributed by atoms with Gasteiger partial charge in [-0.3, -0.25) is 0 Å². The van der Waals surface area contributed by atoms with Crippen molar-refractivity contribution < 1.29 is 13.2 Å². The molecule has 1 aromatic carbocycles. The third-order valence-electron chi connectivity index (χ3n) is 2.78. The van der Waals surface area contributed by atoms with Crippen molar-refractivity contribution in [1.29, 1.82) is 0 Å². The molecular formula is C14H21NO3S. The van der Waals surface area contributed by atoms with E-state index in [1.807, 2.05) is 19.1 Å². The molecule has 0 saturated carbocycles. The topological polar surface area (TPSA) is 55.4 Å². The third-order valence-corrected chi connectivity index (χ3v) is 4.54. The van der Waals surface area contributed by atoms with E-state index in [-0.39, 0.29) is 0 Å². The van der Waals surface area contributed by atoms with E-state index in [0.717, 1.165) is 0 Å². The molecule has 19 heavy (non-hydrogen) atoms. The molecule has 0 radical (unpaired) electrons. The largest absolute Gasteiger partial charge is 0.497 e. The zero-order chi connectivity index (χ0) is 14.5. The summed E-state index contributed by atoms with van der Waals surface area (Å²) in [5, 5.41) is 0. The smallest absolute Gasteiger partial charge is 0.241 e. The van der Waals surface area contributed by atoms with E-state index in [1.165, 1.54) is 0 Å². The molecule has 5 heteroatoms. The molecule has 0 heterocycles. The lowest BCUT2D eigenvalue weighted by Crippen LogP contribution is -2.26. The van der Waals surface area contributed by atoms with Gasteiger partial charge >= 0.3 is 0 Å². The molecule has 1 aromatic rings. The fraction of sp³-hybridized carbons (Fsp3) is 0.429. The summed E-state index contributed by atoms with van der Waals surface area (Å²) in [4.78, 5) is 0.341. The molecular weight excluding hydrogens is 262 g/mol. The van der Waals surface area contributed by atoms with Crippen LogP contribution in [0, 0.1) is 13.8 Å². The van der Waals surface area contributed by atoms with Crippen molar-refractivity contribution >= 4 is 10.0 Å². The second-order valence-corrected chi connectivity index (χ2v) is 6.05. The van der Waals surface area contributed by atoms with Gasteiger partial charge in [0, 0.05) is 6.54 Å². The number of hydrogen-bond donors (Lipinski definition) is 1. The molecule has 0 aliphatic heterocycles. The average molecular weight is 283 g/mol. The summed E-state index contributed by atoms with van der Waals surface area (Å²) >= 11 is 0. The zero-order valence-electron chi connectivity index (χ0n) is 11.9. The first kappa shape index (κ1) is 15.7. The molecule has 1 rings (SSSR count). The monoisotopic (exact) mass is 283 g/mol. The highest BCUT2D eigenvalue weighted by molar-refractivity contribution is 7.89. The first-order chi connectivity index (χ1) is 8.92. The Kier molecular flexibility index (Phi) is 5.57. The normalized spacial score (nSPS) is 12.0. The Labute approximate surface area is 115 Å². The lowest BCUT2D eigenvalue weighted by Gasteiger charge is -2.13. The molecule has 0 atom stereocenters. The minimum absolute atomic E-state index is 0.341. The molecule has 0 bridgehead atoms. The van der Waals surface area contributed by atoms with Crippen LogP contribution < -0.4 is 9.46 Å². The van der Waals surface area contributed by atoms with E-state index < -0.39 is 10.0 Å². The first-order valence-electron chi connectivity index (χ1n) is 6.18. The molecule has 0 aliphatic carbocycles. The van der Waals surface area contributed by atoms with Crippen molar-refractivity contribution in [3.05, 3.63) is 35.4 Å². The summed E-state index contributed by atoms with van der Waals surface area (Å²) in [5.41, 5.74) is 1.38. The second kappa shape index (κ2) is 6.73. The molecule has 0 fully saturated rings. The summed E-state index contributed by atoms with van der Waals surface area (Å²) in [7, 11) is -1.90. The highest BCUT2D eigenvalue weighted by Gasteiger charge is 2.19. The molecule has 0 saturated heterocycles. The second-order valence-electron chi connectivity index (χ2n) is 4.35. The number of methoxy groups -OCH3 is 1. The number of ether oxygens (including phenoxy) is 1. The maximum Gasteiger partial charge on any atom is 0.241 e. The summed E-state index contributed by atoms with van der Waals surface area (Å²) < 4.78 is 32.3. The Morgan fingerprint density at radius 3 is 2.32 bits per heavy atom. The van der Waals surface area contributed by atoms with E-state index in [2.05, 4.69) is 4.72 Å². The van der Waals surface area contributed by atoms with Crippen molar-refractivity contribution in [2.75, 3.05) is 13.7 Å². The van der Waals surface area contributed by atoms with Gasteiger partial charge in [0.1, 0.15) is 5.75 Å². The van der Waals surface area contributed by atoms with Crippen molar-refractivity contribution in [1.82, 2.24) is 4.72 Å². The zero-order valence-corrected chi connectivity index (χ0v) is 12.7.